The normalized spacial score (nSPS) is 23.8. The first kappa shape index (κ1) is 17.1. The van der Waals surface area contributed by atoms with Gasteiger partial charge in [-0.3, -0.25) is 4.79 Å². The zero-order valence-corrected chi connectivity index (χ0v) is 13.7. The summed E-state index contributed by atoms with van der Waals surface area (Å²) < 4.78 is 10.7. The highest BCUT2D eigenvalue weighted by molar-refractivity contribution is 5.79. The van der Waals surface area contributed by atoms with Gasteiger partial charge in [0.1, 0.15) is 5.60 Å². The molecule has 2 rings (SSSR count). The Labute approximate surface area is 131 Å². The fourth-order valence-electron chi connectivity index (χ4n) is 3.82. The lowest BCUT2D eigenvalue weighted by atomic mass is 9.63. The molecule has 1 aliphatic carbocycles. The van der Waals surface area contributed by atoms with Crippen molar-refractivity contribution >= 4 is 12.1 Å². The van der Waals surface area contributed by atoms with Crippen molar-refractivity contribution in [2.75, 3.05) is 13.2 Å². The minimum absolute atomic E-state index is 0.421. The Bertz CT molecular complexity index is 428. The molecule has 22 heavy (non-hydrogen) atoms. The number of carbonyl (C=O) groups excluding carboxylic acids is 1. The molecule has 0 atom stereocenters. The molecule has 1 amide bonds. The van der Waals surface area contributed by atoms with Crippen molar-refractivity contribution in [2.24, 2.45) is 5.41 Å². The Morgan fingerprint density at radius 3 is 2.09 bits per heavy atom. The second kappa shape index (κ2) is 6.07. The van der Waals surface area contributed by atoms with Gasteiger partial charge in [-0.1, -0.05) is 12.8 Å². The van der Waals surface area contributed by atoms with Gasteiger partial charge in [0.2, 0.25) is 0 Å². The van der Waals surface area contributed by atoms with E-state index in [4.69, 9.17) is 9.47 Å². The zero-order chi connectivity index (χ0) is 16.4. The fourth-order valence-corrected chi connectivity index (χ4v) is 3.82. The predicted molar refractivity (Wildman–Crippen MR) is 80.7 cm³/mol. The van der Waals surface area contributed by atoms with Gasteiger partial charge in [-0.05, 0) is 46.5 Å². The van der Waals surface area contributed by atoms with Gasteiger partial charge in [0.15, 0.2) is 0 Å². The first-order chi connectivity index (χ1) is 10.2. The van der Waals surface area contributed by atoms with Crippen LogP contribution in [0, 0.1) is 5.41 Å². The molecule has 0 aromatic rings. The molecule has 2 N–H and O–H groups in total. The Morgan fingerprint density at radius 2 is 1.64 bits per heavy atom. The van der Waals surface area contributed by atoms with E-state index in [0.29, 0.717) is 38.9 Å². The van der Waals surface area contributed by atoms with Crippen LogP contribution in [0.25, 0.3) is 0 Å². The molecule has 126 valence electrons. The van der Waals surface area contributed by atoms with Crippen molar-refractivity contribution < 1.29 is 24.2 Å². The van der Waals surface area contributed by atoms with Crippen LogP contribution in [0.2, 0.25) is 0 Å². The van der Waals surface area contributed by atoms with Crippen molar-refractivity contribution in [3.8, 4) is 0 Å². The Hall–Kier alpha value is -1.30. The number of ether oxygens (including phenoxy) is 2. The molecule has 1 heterocycles. The van der Waals surface area contributed by atoms with Crippen LogP contribution in [0.3, 0.4) is 0 Å². The van der Waals surface area contributed by atoms with Gasteiger partial charge in [0.25, 0.3) is 0 Å². The topological polar surface area (TPSA) is 84.9 Å². The first-order valence-electron chi connectivity index (χ1n) is 8.03. The molecule has 0 spiro atoms. The summed E-state index contributed by atoms with van der Waals surface area (Å²) in [5.41, 5.74) is -2.29. The number of carbonyl (C=O) groups is 2. The van der Waals surface area contributed by atoms with E-state index >= 15 is 0 Å². The Kier molecular flexibility index (Phi) is 4.70. The lowest BCUT2D eigenvalue weighted by molar-refractivity contribution is -0.163. The molecular weight excluding hydrogens is 286 g/mol. The smallest absolute Gasteiger partial charge is 0.408 e. The number of carboxylic acid groups (broad SMARTS) is 1. The minimum atomic E-state index is -0.960. The van der Waals surface area contributed by atoms with Gasteiger partial charge in [0, 0.05) is 13.2 Å². The number of hydrogen-bond acceptors (Lipinski definition) is 4. The minimum Gasteiger partial charge on any atom is -0.481 e. The number of aliphatic carboxylic acids is 1. The van der Waals surface area contributed by atoms with Crippen LogP contribution in [0.1, 0.15) is 59.3 Å². The van der Waals surface area contributed by atoms with E-state index in [2.05, 4.69) is 5.32 Å². The van der Waals surface area contributed by atoms with E-state index in [1.54, 1.807) is 20.8 Å². The maximum absolute atomic E-state index is 12.3. The van der Waals surface area contributed by atoms with Crippen LogP contribution in [-0.4, -0.2) is 41.5 Å². The third kappa shape index (κ3) is 3.21. The highest BCUT2D eigenvalue weighted by Gasteiger charge is 2.59. The van der Waals surface area contributed by atoms with Crippen LogP contribution in [0.15, 0.2) is 0 Å². The van der Waals surface area contributed by atoms with Crippen molar-refractivity contribution in [3.05, 3.63) is 0 Å². The Balaban J connectivity index is 2.26. The monoisotopic (exact) mass is 313 g/mol. The van der Waals surface area contributed by atoms with Crippen LogP contribution in [-0.2, 0) is 14.3 Å². The van der Waals surface area contributed by atoms with Crippen molar-refractivity contribution in [3.63, 3.8) is 0 Å². The predicted octanol–water partition coefficient (Wildman–Crippen LogP) is 2.71. The van der Waals surface area contributed by atoms with E-state index in [1.807, 2.05) is 0 Å². The average molecular weight is 313 g/mol. The summed E-state index contributed by atoms with van der Waals surface area (Å²) in [7, 11) is 0. The standard InChI is InChI=1S/C16H27NO5/c1-14(2,3)22-13(20)17-16(6-4-5-7-16)15(12(18)19)8-10-21-11-9-15/h4-11H2,1-3H3,(H,17,20)(H,18,19). The zero-order valence-electron chi connectivity index (χ0n) is 13.7. The number of alkyl carbamates (subject to hydrolysis) is 1. The highest BCUT2D eigenvalue weighted by atomic mass is 16.6. The van der Waals surface area contributed by atoms with Gasteiger partial charge in [0.05, 0.1) is 11.0 Å². The molecule has 2 fully saturated rings. The summed E-state index contributed by atoms with van der Waals surface area (Å²) in [5, 5.41) is 12.9. The molecule has 0 bridgehead atoms. The van der Waals surface area contributed by atoms with E-state index in [-0.39, 0.29) is 0 Å². The van der Waals surface area contributed by atoms with Gasteiger partial charge >= 0.3 is 12.1 Å². The maximum atomic E-state index is 12.3. The second-order valence-corrected chi connectivity index (χ2v) is 7.42. The highest BCUT2D eigenvalue weighted by Crippen LogP contribution is 2.50. The van der Waals surface area contributed by atoms with E-state index in [9.17, 15) is 14.7 Å². The molecule has 0 aromatic carbocycles. The second-order valence-electron chi connectivity index (χ2n) is 7.42. The van der Waals surface area contributed by atoms with E-state index < -0.39 is 28.6 Å². The molecule has 6 heteroatoms. The first-order valence-corrected chi connectivity index (χ1v) is 8.03. The van der Waals surface area contributed by atoms with Crippen molar-refractivity contribution in [1.29, 1.82) is 0 Å². The van der Waals surface area contributed by atoms with Crippen molar-refractivity contribution in [2.45, 2.75) is 70.4 Å². The quantitative estimate of drug-likeness (QED) is 0.837. The summed E-state index contributed by atoms with van der Waals surface area (Å²) in [6.45, 7) is 6.24. The summed E-state index contributed by atoms with van der Waals surface area (Å²) in [6, 6.07) is 0. The number of carboxylic acids is 1. The molecule has 1 saturated heterocycles. The summed E-state index contributed by atoms with van der Waals surface area (Å²) >= 11 is 0. The molecule has 6 nitrogen and oxygen atoms in total. The van der Waals surface area contributed by atoms with Gasteiger partial charge in [-0.25, -0.2) is 4.79 Å². The maximum Gasteiger partial charge on any atom is 0.408 e. The number of hydrogen-bond donors (Lipinski definition) is 2. The summed E-state index contributed by atoms with van der Waals surface area (Å²) in [6.07, 6.45) is 3.53. The molecule has 1 aliphatic heterocycles. The molecule has 2 aliphatic rings. The summed E-state index contributed by atoms with van der Waals surface area (Å²) in [4.78, 5) is 24.4. The average Bonchev–Trinajstić information content (AvgIpc) is 2.87. The molecule has 0 unspecified atom stereocenters. The van der Waals surface area contributed by atoms with Gasteiger partial charge in [-0.15, -0.1) is 0 Å². The van der Waals surface area contributed by atoms with Crippen LogP contribution >= 0.6 is 0 Å². The van der Waals surface area contributed by atoms with E-state index in [1.165, 1.54) is 0 Å². The number of amides is 1. The van der Waals surface area contributed by atoms with Crippen LogP contribution < -0.4 is 5.32 Å². The third-order valence-electron chi connectivity index (χ3n) is 4.87. The molecular formula is C16H27NO5. The fraction of sp³-hybridized carbons (Fsp3) is 0.875. The van der Waals surface area contributed by atoms with E-state index in [0.717, 1.165) is 12.8 Å². The lowest BCUT2D eigenvalue weighted by Crippen LogP contribution is -2.63. The van der Waals surface area contributed by atoms with Crippen molar-refractivity contribution in [1.82, 2.24) is 5.32 Å². The lowest BCUT2D eigenvalue weighted by Gasteiger charge is -2.48. The SMILES string of the molecule is CC(C)(C)OC(=O)NC1(C2(C(=O)O)CCOCC2)CCCC1. The van der Waals surface area contributed by atoms with Gasteiger partial charge in [-0.2, -0.15) is 0 Å². The molecule has 1 saturated carbocycles. The van der Waals surface area contributed by atoms with Crippen LogP contribution in [0.5, 0.6) is 0 Å². The largest absolute Gasteiger partial charge is 0.481 e. The van der Waals surface area contributed by atoms with Crippen LogP contribution in [0.4, 0.5) is 4.79 Å². The number of rotatable bonds is 3. The Morgan fingerprint density at radius 1 is 1.09 bits per heavy atom. The molecule has 0 aromatic heterocycles. The molecule has 0 radical (unpaired) electrons. The number of nitrogens with one attached hydrogen (secondary N) is 1. The summed E-state index contributed by atoms with van der Waals surface area (Å²) in [5.74, 6) is -0.839. The van der Waals surface area contributed by atoms with Gasteiger partial charge < -0.3 is 19.9 Å². The third-order valence-corrected chi connectivity index (χ3v) is 4.87.